The fourth-order valence-electron chi connectivity index (χ4n) is 2.85. The van der Waals surface area contributed by atoms with Crippen molar-refractivity contribution in [2.75, 3.05) is 31.1 Å². The quantitative estimate of drug-likeness (QED) is 0.863. The standard InChI is InChI=1S/C18H21FN4O/c1-14-5-7-17(21-20-14)22-9-11-23(12-10-22)18(24)8-6-15-3-2-4-16(19)13-15/h2-5,7,13H,6,8-12H2,1H3. The number of anilines is 1. The Kier molecular flexibility index (Phi) is 5.03. The Morgan fingerprint density at radius 1 is 1.12 bits per heavy atom. The van der Waals surface area contributed by atoms with Gasteiger partial charge in [0.25, 0.3) is 0 Å². The van der Waals surface area contributed by atoms with E-state index in [9.17, 15) is 9.18 Å². The summed E-state index contributed by atoms with van der Waals surface area (Å²) < 4.78 is 13.2. The Bertz CT molecular complexity index is 696. The topological polar surface area (TPSA) is 49.3 Å². The molecule has 3 rings (SSSR count). The second-order valence-corrected chi connectivity index (χ2v) is 6.03. The van der Waals surface area contributed by atoms with E-state index in [-0.39, 0.29) is 11.7 Å². The lowest BCUT2D eigenvalue weighted by Gasteiger charge is -2.35. The van der Waals surface area contributed by atoms with E-state index >= 15 is 0 Å². The first-order valence-corrected chi connectivity index (χ1v) is 8.19. The number of amides is 1. The zero-order valence-electron chi connectivity index (χ0n) is 13.8. The molecule has 1 aliphatic rings. The van der Waals surface area contributed by atoms with Gasteiger partial charge in [-0.1, -0.05) is 12.1 Å². The van der Waals surface area contributed by atoms with E-state index in [2.05, 4.69) is 15.1 Å². The van der Waals surface area contributed by atoms with Gasteiger partial charge in [-0.2, -0.15) is 5.10 Å². The highest BCUT2D eigenvalue weighted by Gasteiger charge is 2.21. The van der Waals surface area contributed by atoms with Gasteiger partial charge in [-0.3, -0.25) is 4.79 Å². The SMILES string of the molecule is Cc1ccc(N2CCN(C(=O)CCc3cccc(F)c3)CC2)nn1. The van der Waals surface area contributed by atoms with Crippen molar-refractivity contribution in [3.05, 3.63) is 53.5 Å². The molecule has 0 atom stereocenters. The van der Waals surface area contributed by atoms with E-state index in [1.165, 1.54) is 12.1 Å². The zero-order chi connectivity index (χ0) is 16.9. The third kappa shape index (κ3) is 4.07. The molecule has 0 radical (unpaired) electrons. The van der Waals surface area contributed by atoms with Gasteiger partial charge in [0.05, 0.1) is 5.69 Å². The second kappa shape index (κ2) is 7.38. The summed E-state index contributed by atoms with van der Waals surface area (Å²) in [6.07, 6.45) is 0.980. The molecule has 0 bridgehead atoms. The third-order valence-electron chi connectivity index (χ3n) is 4.26. The van der Waals surface area contributed by atoms with Gasteiger partial charge in [0.15, 0.2) is 5.82 Å². The van der Waals surface area contributed by atoms with E-state index in [0.717, 1.165) is 30.2 Å². The molecule has 1 aromatic heterocycles. The van der Waals surface area contributed by atoms with Gasteiger partial charge in [-0.25, -0.2) is 4.39 Å². The van der Waals surface area contributed by atoms with Crippen molar-refractivity contribution in [1.29, 1.82) is 0 Å². The second-order valence-electron chi connectivity index (χ2n) is 6.03. The predicted molar refractivity (Wildman–Crippen MR) is 90.3 cm³/mol. The van der Waals surface area contributed by atoms with E-state index in [1.54, 1.807) is 6.07 Å². The number of hydrogen-bond acceptors (Lipinski definition) is 4. The number of aromatic nitrogens is 2. The van der Waals surface area contributed by atoms with Crippen LogP contribution in [0.4, 0.5) is 10.2 Å². The van der Waals surface area contributed by atoms with Crippen molar-refractivity contribution in [3.63, 3.8) is 0 Å². The van der Waals surface area contributed by atoms with Crippen molar-refractivity contribution in [3.8, 4) is 0 Å². The first-order chi connectivity index (χ1) is 11.6. The highest BCUT2D eigenvalue weighted by atomic mass is 19.1. The number of benzene rings is 1. The summed E-state index contributed by atoms with van der Waals surface area (Å²) in [5.74, 6) is 0.717. The lowest BCUT2D eigenvalue weighted by molar-refractivity contribution is -0.131. The minimum absolute atomic E-state index is 0.119. The fourth-order valence-corrected chi connectivity index (χ4v) is 2.85. The molecule has 1 amide bonds. The predicted octanol–water partition coefficient (Wildman–Crippen LogP) is 2.21. The van der Waals surface area contributed by atoms with E-state index in [0.29, 0.717) is 25.9 Å². The van der Waals surface area contributed by atoms with Crippen molar-refractivity contribution >= 4 is 11.7 Å². The maximum atomic E-state index is 13.2. The molecule has 2 aromatic rings. The molecule has 5 nitrogen and oxygen atoms in total. The van der Waals surface area contributed by atoms with Crippen LogP contribution in [0.2, 0.25) is 0 Å². The highest BCUT2D eigenvalue weighted by molar-refractivity contribution is 5.76. The van der Waals surface area contributed by atoms with E-state index in [1.807, 2.05) is 30.0 Å². The number of aryl methyl sites for hydroxylation is 2. The molecular weight excluding hydrogens is 307 g/mol. The lowest BCUT2D eigenvalue weighted by Crippen LogP contribution is -2.49. The number of nitrogens with zero attached hydrogens (tertiary/aromatic N) is 4. The van der Waals surface area contributed by atoms with Gasteiger partial charge < -0.3 is 9.80 Å². The molecule has 2 heterocycles. The van der Waals surface area contributed by atoms with Crippen LogP contribution in [0.15, 0.2) is 36.4 Å². The minimum Gasteiger partial charge on any atom is -0.352 e. The molecule has 126 valence electrons. The molecular formula is C18H21FN4O. The van der Waals surface area contributed by atoms with Gasteiger partial charge in [-0.15, -0.1) is 5.10 Å². The summed E-state index contributed by atoms with van der Waals surface area (Å²) in [4.78, 5) is 16.3. The zero-order valence-corrected chi connectivity index (χ0v) is 13.8. The summed E-state index contributed by atoms with van der Waals surface area (Å²) >= 11 is 0. The summed E-state index contributed by atoms with van der Waals surface area (Å²) in [5.41, 5.74) is 1.75. The molecule has 0 unspecified atom stereocenters. The van der Waals surface area contributed by atoms with Crippen LogP contribution >= 0.6 is 0 Å². The maximum absolute atomic E-state index is 13.2. The average Bonchev–Trinajstić information content (AvgIpc) is 2.61. The Labute approximate surface area is 141 Å². The van der Waals surface area contributed by atoms with Crippen LogP contribution in [0, 0.1) is 12.7 Å². The summed E-state index contributed by atoms with van der Waals surface area (Å²) in [7, 11) is 0. The number of halogens is 1. The largest absolute Gasteiger partial charge is 0.352 e. The molecule has 0 saturated carbocycles. The van der Waals surface area contributed by atoms with Gasteiger partial charge in [0.1, 0.15) is 5.82 Å². The smallest absolute Gasteiger partial charge is 0.223 e. The lowest BCUT2D eigenvalue weighted by atomic mass is 10.1. The molecule has 1 fully saturated rings. The first-order valence-electron chi connectivity index (χ1n) is 8.19. The minimum atomic E-state index is -0.257. The summed E-state index contributed by atoms with van der Waals surface area (Å²) in [5, 5.41) is 8.27. The van der Waals surface area contributed by atoms with Crippen molar-refractivity contribution in [2.45, 2.75) is 19.8 Å². The normalized spacial score (nSPS) is 14.8. The van der Waals surface area contributed by atoms with Crippen LogP contribution in [0.25, 0.3) is 0 Å². The number of piperazine rings is 1. The van der Waals surface area contributed by atoms with Gasteiger partial charge >= 0.3 is 0 Å². The molecule has 6 heteroatoms. The third-order valence-corrected chi connectivity index (χ3v) is 4.26. The summed E-state index contributed by atoms with van der Waals surface area (Å²) in [6, 6.07) is 10.3. The maximum Gasteiger partial charge on any atom is 0.223 e. The molecule has 1 aliphatic heterocycles. The van der Waals surface area contributed by atoms with Crippen LogP contribution in [0.3, 0.4) is 0 Å². The van der Waals surface area contributed by atoms with E-state index in [4.69, 9.17) is 0 Å². The van der Waals surface area contributed by atoms with Crippen LogP contribution in [-0.2, 0) is 11.2 Å². The monoisotopic (exact) mass is 328 g/mol. The molecule has 24 heavy (non-hydrogen) atoms. The van der Waals surface area contributed by atoms with Crippen molar-refractivity contribution in [1.82, 2.24) is 15.1 Å². The van der Waals surface area contributed by atoms with Crippen LogP contribution in [0.5, 0.6) is 0 Å². The molecule has 0 spiro atoms. The molecule has 0 N–H and O–H groups in total. The number of carbonyl (C=O) groups excluding carboxylic acids is 1. The Morgan fingerprint density at radius 2 is 1.92 bits per heavy atom. The molecule has 1 aromatic carbocycles. The van der Waals surface area contributed by atoms with Crippen LogP contribution in [0.1, 0.15) is 17.7 Å². The van der Waals surface area contributed by atoms with Crippen LogP contribution < -0.4 is 4.90 Å². The average molecular weight is 328 g/mol. The van der Waals surface area contributed by atoms with Crippen LogP contribution in [-0.4, -0.2) is 47.2 Å². The van der Waals surface area contributed by atoms with E-state index < -0.39 is 0 Å². The molecule has 0 aliphatic carbocycles. The van der Waals surface area contributed by atoms with Crippen molar-refractivity contribution in [2.24, 2.45) is 0 Å². The summed E-state index contributed by atoms with van der Waals surface area (Å²) in [6.45, 7) is 4.77. The van der Waals surface area contributed by atoms with Gasteiger partial charge in [0.2, 0.25) is 5.91 Å². The Morgan fingerprint density at radius 3 is 2.58 bits per heavy atom. The van der Waals surface area contributed by atoms with Crippen molar-refractivity contribution < 1.29 is 9.18 Å². The number of carbonyl (C=O) groups is 1. The highest BCUT2D eigenvalue weighted by Crippen LogP contribution is 2.14. The Hall–Kier alpha value is -2.50. The van der Waals surface area contributed by atoms with Gasteiger partial charge in [0, 0.05) is 32.6 Å². The number of hydrogen-bond donors (Lipinski definition) is 0. The first kappa shape index (κ1) is 16.4. The Balaban J connectivity index is 1.49. The van der Waals surface area contributed by atoms with Gasteiger partial charge in [-0.05, 0) is 43.2 Å². The fraction of sp³-hybridized carbons (Fsp3) is 0.389. The number of rotatable bonds is 4. The molecule has 1 saturated heterocycles.